The lowest BCUT2D eigenvalue weighted by Crippen LogP contribution is -2.45. The first kappa shape index (κ1) is 19.1. The van der Waals surface area contributed by atoms with Gasteiger partial charge in [-0.15, -0.1) is 0 Å². The van der Waals surface area contributed by atoms with Crippen LogP contribution in [0, 0.1) is 12.8 Å². The molecule has 3 atom stereocenters. The van der Waals surface area contributed by atoms with E-state index < -0.39 is 0 Å². The quantitative estimate of drug-likeness (QED) is 0.764. The van der Waals surface area contributed by atoms with Crippen molar-refractivity contribution in [1.29, 1.82) is 0 Å². The topological polar surface area (TPSA) is 89.0 Å². The zero-order valence-electron chi connectivity index (χ0n) is 16.6. The number of pyridine rings is 1. The van der Waals surface area contributed by atoms with Gasteiger partial charge in [0.25, 0.3) is 0 Å². The molecule has 0 spiro atoms. The Labute approximate surface area is 165 Å². The van der Waals surface area contributed by atoms with Crippen LogP contribution < -0.4 is 10.6 Å². The Bertz CT molecular complexity index is 839. The molecule has 2 aliphatic carbocycles. The summed E-state index contributed by atoms with van der Waals surface area (Å²) in [6.07, 6.45) is 7.21. The summed E-state index contributed by atoms with van der Waals surface area (Å²) < 4.78 is 6.15. The molecule has 7 nitrogen and oxygen atoms in total. The van der Waals surface area contributed by atoms with E-state index in [0.29, 0.717) is 12.6 Å². The van der Waals surface area contributed by atoms with Crippen LogP contribution in [-0.2, 0) is 9.53 Å². The predicted octanol–water partition coefficient (Wildman–Crippen LogP) is 2.99. The highest BCUT2D eigenvalue weighted by Crippen LogP contribution is 2.31. The number of ether oxygens (including phenoxy) is 1. The number of carbonyl (C=O) groups excluding carboxylic acids is 1. The first-order valence-electron chi connectivity index (χ1n) is 10.4. The number of fused-ring (bicyclic) bond motifs is 1. The van der Waals surface area contributed by atoms with E-state index >= 15 is 0 Å². The summed E-state index contributed by atoms with van der Waals surface area (Å²) in [5, 5.41) is 6.70. The van der Waals surface area contributed by atoms with Crippen LogP contribution in [0.4, 0.5) is 5.82 Å². The molecular formula is C21H29N5O2. The van der Waals surface area contributed by atoms with Crippen LogP contribution in [0.25, 0.3) is 11.0 Å². The van der Waals surface area contributed by atoms with Crippen molar-refractivity contribution in [2.45, 2.75) is 70.6 Å². The summed E-state index contributed by atoms with van der Waals surface area (Å²) in [6, 6.07) is 4.43. The van der Waals surface area contributed by atoms with Gasteiger partial charge >= 0.3 is 0 Å². The van der Waals surface area contributed by atoms with Crippen molar-refractivity contribution < 1.29 is 9.53 Å². The molecule has 2 saturated carbocycles. The Morgan fingerprint density at radius 3 is 2.86 bits per heavy atom. The van der Waals surface area contributed by atoms with Crippen molar-refractivity contribution in [2.24, 2.45) is 5.92 Å². The monoisotopic (exact) mass is 383 g/mol. The van der Waals surface area contributed by atoms with E-state index in [-0.39, 0.29) is 24.0 Å². The fraction of sp³-hybridized carbons (Fsp3) is 0.619. The average Bonchev–Trinajstić information content (AvgIpc) is 3.51. The molecule has 2 fully saturated rings. The Hall–Kier alpha value is -2.28. The summed E-state index contributed by atoms with van der Waals surface area (Å²) >= 11 is 0. The molecular weight excluding hydrogens is 354 g/mol. The highest BCUT2D eigenvalue weighted by Gasteiger charge is 2.36. The molecule has 0 aliphatic heterocycles. The molecule has 0 saturated heterocycles. The van der Waals surface area contributed by atoms with E-state index in [0.717, 1.165) is 61.1 Å². The molecule has 1 amide bonds. The Kier molecular flexibility index (Phi) is 5.71. The van der Waals surface area contributed by atoms with Gasteiger partial charge in [0.2, 0.25) is 5.91 Å². The first-order chi connectivity index (χ1) is 13.6. The largest absolute Gasteiger partial charge is 0.376 e. The van der Waals surface area contributed by atoms with Crippen molar-refractivity contribution in [1.82, 2.24) is 20.3 Å². The molecule has 28 heavy (non-hydrogen) atoms. The molecule has 0 aromatic carbocycles. The number of nitrogens with one attached hydrogen (secondary N) is 2. The highest BCUT2D eigenvalue weighted by molar-refractivity contribution is 5.85. The van der Waals surface area contributed by atoms with Gasteiger partial charge in [0, 0.05) is 24.3 Å². The molecule has 7 heteroatoms. The van der Waals surface area contributed by atoms with Crippen molar-refractivity contribution >= 4 is 22.8 Å². The standard InChI is InChI=1S/C21H29N5O2/c1-3-10-28-18-11-14(21(27)25-15-6-7-15)5-9-16(18)26-20-19-17(22-12-23-20)8-4-13(2)24-19/h4,8,12,14-16,18H,3,5-7,9-11H2,1-2H3,(H,25,27)(H,22,23,26)/t14-,16+,18+/m0/s1. The Morgan fingerprint density at radius 2 is 2.07 bits per heavy atom. The molecule has 2 heterocycles. The van der Waals surface area contributed by atoms with Gasteiger partial charge in [-0.3, -0.25) is 4.79 Å². The maximum atomic E-state index is 12.5. The maximum Gasteiger partial charge on any atom is 0.223 e. The van der Waals surface area contributed by atoms with Crippen LogP contribution >= 0.6 is 0 Å². The minimum atomic E-state index is -0.0153. The Balaban J connectivity index is 1.49. The second-order valence-corrected chi connectivity index (χ2v) is 8.00. The molecule has 150 valence electrons. The van der Waals surface area contributed by atoms with Gasteiger partial charge in [-0.1, -0.05) is 6.92 Å². The van der Waals surface area contributed by atoms with Crippen molar-refractivity contribution in [2.75, 3.05) is 11.9 Å². The second-order valence-electron chi connectivity index (χ2n) is 8.00. The number of amides is 1. The van der Waals surface area contributed by atoms with Gasteiger partial charge < -0.3 is 15.4 Å². The van der Waals surface area contributed by atoms with E-state index in [1.54, 1.807) is 6.33 Å². The van der Waals surface area contributed by atoms with Crippen LogP contribution in [0.15, 0.2) is 18.5 Å². The number of anilines is 1. The summed E-state index contributed by atoms with van der Waals surface area (Å²) in [4.78, 5) is 25.9. The van der Waals surface area contributed by atoms with E-state index in [4.69, 9.17) is 4.74 Å². The highest BCUT2D eigenvalue weighted by atomic mass is 16.5. The summed E-state index contributed by atoms with van der Waals surface area (Å²) in [6.45, 7) is 4.77. The normalized spacial score (nSPS) is 24.9. The number of nitrogens with zero attached hydrogens (tertiary/aromatic N) is 3. The Morgan fingerprint density at radius 1 is 1.21 bits per heavy atom. The van der Waals surface area contributed by atoms with Crippen LogP contribution in [0.3, 0.4) is 0 Å². The van der Waals surface area contributed by atoms with Crippen molar-refractivity contribution in [3.63, 3.8) is 0 Å². The van der Waals surface area contributed by atoms with E-state index in [9.17, 15) is 4.79 Å². The third kappa shape index (κ3) is 4.41. The predicted molar refractivity (Wildman–Crippen MR) is 108 cm³/mol. The molecule has 4 rings (SSSR count). The fourth-order valence-electron chi connectivity index (χ4n) is 3.85. The zero-order chi connectivity index (χ0) is 19.5. The van der Waals surface area contributed by atoms with Crippen LogP contribution in [-0.4, -0.2) is 45.7 Å². The number of hydrogen-bond donors (Lipinski definition) is 2. The SMILES string of the molecule is CCCO[C@@H]1C[C@@H](C(=O)NC2CC2)CC[C@H]1Nc1ncnc2ccc(C)nc12. The molecule has 2 N–H and O–H groups in total. The summed E-state index contributed by atoms with van der Waals surface area (Å²) in [7, 11) is 0. The van der Waals surface area contributed by atoms with E-state index in [2.05, 4.69) is 32.5 Å². The van der Waals surface area contributed by atoms with Crippen LogP contribution in [0.2, 0.25) is 0 Å². The number of rotatable bonds is 7. The zero-order valence-corrected chi connectivity index (χ0v) is 16.6. The first-order valence-corrected chi connectivity index (χ1v) is 10.4. The molecule has 2 aromatic rings. The lowest BCUT2D eigenvalue weighted by molar-refractivity contribution is -0.128. The molecule has 0 unspecified atom stereocenters. The van der Waals surface area contributed by atoms with Gasteiger partial charge in [-0.2, -0.15) is 0 Å². The van der Waals surface area contributed by atoms with E-state index in [1.807, 2.05) is 19.1 Å². The molecule has 2 aromatic heterocycles. The summed E-state index contributed by atoms with van der Waals surface area (Å²) in [5.74, 6) is 0.962. The molecule has 0 radical (unpaired) electrons. The lowest BCUT2D eigenvalue weighted by atomic mass is 9.83. The summed E-state index contributed by atoms with van der Waals surface area (Å²) in [5.41, 5.74) is 2.54. The number of hydrogen-bond acceptors (Lipinski definition) is 6. The second kappa shape index (κ2) is 8.39. The van der Waals surface area contributed by atoms with Crippen LogP contribution in [0.1, 0.15) is 51.1 Å². The van der Waals surface area contributed by atoms with E-state index in [1.165, 1.54) is 0 Å². The van der Waals surface area contributed by atoms with Crippen molar-refractivity contribution in [3.8, 4) is 0 Å². The lowest BCUT2D eigenvalue weighted by Gasteiger charge is -2.36. The smallest absolute Gasteiger partial charge is 0.223 e. The minimum absolute atomic E-state index is 0.0153. The minimum Gasteiger partial charge on any atom is -0.376 e. The molecule has 0 bridgehead atoms. The average molecular weight is 383 g/mol. The number of aryl methyl sites for hydroxylation is 1. The van der Waals surface area contributed by atoms with Gasteiger partial charge in [0.15, 0.2) is 5.82 Å². The number of aromatic nitrogens is 3. The van der Waals surface area contributed by atoms with Gasteiger partial charge in [-0.05, 0) is 57.6 Å². The maximum absolute atomic E-state index is 12.5. The molecule has 2 aliphatic rings. The van der Waals surface area contributed by atoms with Crippen LogP contribution in [0.5, 0.6) is 0 Å². The fourth-order valence-corrected chi connectivity index (χ4v) is 3.85. The van der Waals surface area contributed by atoms with Gasteiger partial charge in [0.1, 0.15) is 11.8 Å². The third-order valence-corrected chi connectivity index (χ3v) is 5.57. The number of carbonyl (C=O) groups is 1. The van der Waals surface area contributed by atoms with Gasteiger partial charge in [0.05, 0.1) is 17.7 Å². The third-order valence-electron chi connectivity index (χ3n) is 5.57. The van der Waals surface area contributed by atoms with Crippen molar-refractivity contribution in [3.05, 3.63) is 24.2 Å². The van der Waals surface area contributed by atoms with Gasteiger partial charge in [-0.25, -0.2) is 15.0 Å².